The molecule has 1 amide bonds. The van der Waals surface area contributed by atoms with Crippen molar-refractivity contribution in [3.63, 3.8) is 0 Å². The second-order valence-corrected chi connectivity index (χ2v) is 23.2. The van der Waals surface area contributed by atoms with Gasteiger partial charge in [0.05, 0.1) is 32.0 Å². The second-order valence-electron chi connectivity index (χ2n) is 23.2. The lowest BCUT2D eigenvalue weighted by Crippen LogP contribution is -2.65. The summed E-state index contributed by atoms with van der Waals surface area (Å²) >= 11 is 0. The number of hydrogen-bond donors (Lipinski definition) is 9. The van der Waals surface area contributed by atoms with Gasteiger partial charge in [-0.1, -0.05) is 263 Å². The van der Waals surface area contributed by atoms with E-state index >= 15 is 0 Å². The maximum atomic E-state index is 13.0. The number of ether oxygens (including phenoxy) is 4. The van der Waals surface area contributed by atoms with E-state index in [0.29, 0.717) is 6.42 Å². The number of allylic oxidation sites excluding steroid dienone is 3. The summed E-state index contributed by atoms with van der Waals surface area (Å²) in [5, 5.41) is 86.1. The number of carbonyl (C=O) groups is 1. The van der Waals surface area contributed by atoms with Crippen LogP contribution in [0.2, 0.25) is 0 Å². The van der Waals surface area contributed by atoms with Crippen molar-refractivity contribution in [1.82, 2.24) is 5.32 Å². The third-order valence-corrected chi connectivity index (χ3v) is 16.1. The van der Waals surface area contributed by atoms with Crippen molar-refractivity contribution in [1.29, 1.82) is 0 Å². The lowest BCUT2D eigenvalue weighted by Gasteiger charge is -2.46. The minimum atomic E-state index is -1.78. The van der Waals surface area contributed by atoms with Gasteiger partial charge < -0.3 is 65.1 Å². The van der Waals surface area contributed by atoms with E-state index in [1.54, 1.807) is 6.08 Å². The molecule has 9 N–H and O–H groups in total. The van der Waals surface area contributed by atoms with Crippen LogP contribution in [0, 0.1) is 0 Å². The molecule has 0 radical (unpaired) electrons. The quantitative estimate of drug-likeness (QED) is 0.0204. The smallest absolute Gasteiger partial charge is 0.220 e. The van der Waals surface area contributed by atoms with Crippen LogP contribution in [0.1, 0.15) is 284 Å². The zero-order chi connectivity index (χ0) is 56.7. The molecule has 0 bridgehead atoms. The first-order chi connectivity index (χ1) is 38.1. The number of carbonyl (C=O) groups excluding carboxylic acids is 1. The van der Waals surface area contributed by atoms with Gasteiger partial charge in [-0.05, 0) is 38.5 Å². The number of aliphatic hydroxyl groups excluding tert-OH is 8. The number of amides is 1. The van der Waals surface area contributed by atoms with E-state index in [4.69, 9.17) is 18.9 Å². The molecule has 2 aliphatic rings. The molecule has 14 nitrogen and oxygen atoms in total. The average molecular weight is 1110 g/mol. The normalized spacial score (nSPS) is 24.6. The monoisotopic (exact) mass is 1110 g/mol. The summed E-state index contributed by atoms with van der Waals surface area (Å²) in [6.07, 6.45) is 45.6. The molecule has 460 valence electrons. The van der Waals surface area contributed by atoms with Crippen LogP contribution in [0.4, 0.5) is 0 Å². The predicted molar refractivity (Wildman–Crippen MR) is 314 cm³/mol. The SMILES string of the molecule is CCC/C=C/C(O)C(COC1OC(CO)C(OC2OC(CO)C(O)C(O)C2O)C(O)C1O)NC(=O)CCCCCCCCCCCCCCCCCCCCCCCCCCCCCCC/C=C\CCCCCCCCCC. The van der Waals surface area contributed by atoms with Crippen LogP contribution in [0.3, 0.4) is 0 Å². The van der Waals surface area contributed by atoms with E-state index in [0.717, 1.165) is 32.1 Å². The van der Waals surface area contributed by atoms with Crippen molar-refractivity contribution in [2.75, 3.05) is 19.8 Å². The van der Waals surface area contributed by atoms with E-state index in [1.807, 2.05) is 13.0 Å². The lowest BCUT2D eigenvalue weighted by atomic mass is 9.97. The van der Waals surface area contributed by atoms with Crippen LogP contribution in [0.5, 0.6) is 0 Å². The molecule has 2 heterocycles. The molecule has 2 aliphatic heterocycles. The number of rotatable bonds is 53. The highest BCUT2D eigenvalue weighted by Gasteiger charge is 2.51. The van der Waals surface area contributed by atoms with Crippen molar-refractivity contribution in [2.45, 2.75) is 357 Å². The first-order valence-electron chi connectivity index (χ1n) is 32.6. The molecule has 2 saturated heterocycles. The predicted octanol–water partition coefficient (Wildman–Crippen LogP) is 12.0. The third kappa shape index (κ3) is 34.8. The summed E-state index contributed by atoms with van der Waals surface area (Å²) in [4.78, 5) is 13.0. The summed E-state index contributed by atoms with van der Waals surface area (Å²) < 4.78 is 22.5. The molecule has 0 aromatic heterocycles. The van der Waals surface area contributed by atoms with E-state index in [9.17, 15) is 45.6 Å². The van der Waals surface area contributed by atoms with Gasteiger partial charge in [0, 0.05) is 6.42 Å². The zero-order valence-electron chi connectivity index (χ0n) is 49.7. The summed E-state index contributed by atoms with van der Waals surface area (Å²) in [6, 6.07) is -0.907. The number of unbranched alkanes of at least 4 members (excludes halogenated alkanes) is 38. The van der Waals surface area contributed by atoms with Gasteiger partial charge in [-0.2, -0.15) is 0 Å². The van der Waals surface area contributed by atoms with Gasteiger partial charge in [0.25, 0.3) is 0 Å². The molecule has 12 unspecified atom stereocenters. The molecule has 2 rings (SSSR count). The van der Waals surface area contributed by atoms with Crippen molar-refractivity contribution >= 4 is 5.91 Å². The molecule has 78 heavy (non-hydrogen) atoms. The van der Waals surface area contributed by atoms with Gasteiger partial charge in [0.1, 0.15) is 48.8 Å². The van der Waals surface area contributed by atoms with Gasteiger partial charge in [-0.25, -0.2) is 0 Å². The fourth-order valence-electron chi connectivity index (χ4n) is 10.9. The summed E-state index contributed by atoms with van der Waals surface area (Å²) in [5.41, 5.74) is 0. The van der Waals surface area contributed by atoms with Gasteiger partial charge >= 0.3 is 0 Å². The minimum absolute atomic E-state index is 0.247. The Balaban J connectivity index is 1.40. The highest BCUT2D eigenvalue weighted by Crippen LogP contribution is 2.30. The standard InChI is InChI=1S/C64H121NO13/c1-3-5-7-8-9-10-11-12-13-14-15-16-17-18-19-20-21-22-23-24-25-26-27-28-29-30-31-32-33-34-35-36-37-38-39-40-41-42-43-44-46-48-56(69)65-52(53(68)47-45-6-4-2)51-75-63-61(74)59(72)62(55(50-67)77-63)78-64-60(73)58(71)57(70)54(49-66)76-64/h14-15,45,47,52-55,57-64,66-68,70-74H,3-13,16-44,46,48-51H2,1-2H3,(H,65,69)/b15-14-,47-45+. The van der Waals surface area contributed by atoms with E-state index in [-0.39, 0.29) is 18.9 Å². The van der Waals surface area contributed by atoms with Crippen LogP contribution in [0.15, 0.2) is 24.3 Å². The third-order valence-electron chi connectivity index (χ3n) is 16.1. The highest BCUT2D eigenvalue weighted by molar-refractivity contribution is 5.76. The summed E-state index contributed by atoms with van der Waals surface area (Å²) in [6.45, 7) is 2.58. The zero-order valence-corrected chi connectivity index (χ0v) is 49.7. The molecule has 0 aromatic rings. The minimum Gasteiger partial charge on any atom is -0.394 e. The fourth-order valence-corrected chi connectivity index (χ4v) is 10.9. The highest BCUT2D eigenvalue weighted by atomic mass is 16.7. The molecule has 0 aliphatic carbocycles. The first kappa shape index (κ1) is 72.6. The Morgan fingerprint density at radius 1 is 0.449 bits per heavy atom. The van der Waals surface area contributed by atoms with Crippen LogP contribution in [0.25, 0.3) is 0 Å². The van der Waals surface area contributed by atoms with Crippen LogP contribution < -0.4 is 5.32 Å². The topological polar surface area (TPSA) is 228 Å². The van der Waals surface area contributed by atoms with E-state index < -0.39 is 86.8 Å². The van der Waals surface area contributed by atoms with Crippen LogP contribution in [-0.2, 0) is 23.7 Å². The number of nitrogens with one attached hydrogen (secondary N) is 1. The maximum absolute atomic E-state index is 13.0. The molecule has 14 heteroatoms. The maximum Gasteiger partial charge on any atom is 0.220 e. The molecular weight excluding hydrogens is 991 g/mol. The molecule has 0 spiro atoms. The van der Waals surface area contributed by atoms with Crippen LogP contribution >= 0.6 is 0 Å². The Hall–Kier alpha value is -1.53. The van der Waals surface area contributed by atoms with Crippen molar-refractivity contribution in [2.24, 2.45) is 0 Å². The molecule has 0 aromatic carbocycles. The molecule has 12 atom stereocenters. The Morgan fingerprint density at radius 3 is 1.24 bits per heavy atom. The van der Waals surface area contributed by atoms with E-state index in [2.05, 4.69) is 24.4 Å². The largest absolute Gasteiger partial charge is 0.394 e. The van der Waals surface area contributed by atoms with Crippen LogP contribution in [-0.4, -0.2) is 140 Å². The van der Waals surface area contributed by atoms with Gasteiger partial charge in [0.2, 0.25) is 5.91 Å². The molecule has 2 fully saturated rings. The second kappa shape index (κ2) is 50.0. The molecular formula is C64H121NO13. The van der Waals surface area contributed by atoms with Gasteiger partial charge in [-0.3, -0.25) is 4.79 Å². The Kier molecular flexibility index (Phi) is 46.5. The average Bonchev–Trinajstić information content (AvgIpc) is 3.44. The lowest BCUT2D eigenvalue weighted by molar-refractivity contribution is -0.359. The fraction of sp³-hybridized carbons (Fsp3) is 0.922. The number of aliphatic hydroxyl groups is 8. The Bertz CT molecular complexity index is 1400. The molecule has 0 saturated carbocycles. The summed E-state index contributed by atoms with van der Waals surface area (Å²) in [5.74, 6) is -0.247. The van der Waals surface area contributed by atoms with Crippen molar-refractivity contribution < 1.29 is 64.6 Å². The van der Waals surface area contributed by atoms with Gasteiger partial charge in [0.15, 0.2) is 12.6 Å². The van der Waals surface area contributed by atoms with Crippen molar-refractivity contribution in [3.8, 4) is 0 Å². The van der Waals surface area contributed by atoms with Gasteiger partial charge in [-0.15, -0.1) is 0 Å². The number of hydrogen-bond acceptors (Lipinski definition) is 13. The summed E-state index contributed by atoms with van der Waals surface area (Å²) in [7, 11) is 0. The van der Waals surface area contributed by atoms with E-state index in [1.165, 1.54) is 225 Å². The first-order valence-corrected chi connectivity index (χ1v) is 32.6. The Labute approximate surface area is 475 Å². The Morgan fingerprint density at radius 2 is 0.833 bits per heavy atom. The van der Waals surface area contributed by atoms with Crippen molar-refractivity contribution in [3.05, 3.63) is 24.3 Å².